The van der Waals surface area contributed by atoms with Gasteiger partial charge in [-0.25, -0.2) is 0 Å². The van der Waals surface area contributed by atoms with Gasteiger partial charge in [0.05, 0.1) is 13.7 Å². The zero-order valence-electron chi connectivity index (χ0n) is 15.6. The van der Waals surface area contributed by atoms with Crippen LogP contribution >= 0.6 is 12.4 Å². The van der Waals surface area contributed by atoms with E-state index >= 15 is 0 Å². The molecule has 2 aromatic rings. The first-order chi connectivity index (χ1) is 12.5. The Morgan fingerprint density at radius 2 is 1.85 bits per heavy atom. The minimum atomic E-state index is -0.390. The molecule has 146 valence electrons. The van der Waals surface area contributed by atoms with Crippen molar-refractivity contribution in [1.29, 1.82) is 0 Å². The molecule has 6 nitrogen and oxygen atoms in total. The highest BCUT2D eigenvalue weighted by Gasteiger charge is 2.19. The van der Waals surface area contributed by atoms with Crippen molar-refractivity contribution in [3.8, 4) is 5.75 Å². The summed E-state index contributed by atoms with van der Waals surface area (Å²) < 4.78 is 5.13. The molecular formula is C20H26ClN3O3. The molecule has 2 aromatic carbocycles. The Morgan fingerprint density at radius 1 is 1.15 bits per heavy atom. The maximum absolute atomic E-state index is 12.5. The summed E-state index contributed by atoms with van der Waals surface area (Å²) in [5.41, 5.74) is 7.64. The molecule has 3 N–H and O–H groups in total. The Bertz CT molecular complexity index is 740. The van der Waals surface area contributed by atoms with Gasteiger partial charge in [-0.3, -0.25) is 9.59 Å². The largest absolute Gasteiger partial charge is 0.497 e. The molecule has 0 fully saturated rings. The van der Waals surface area contributed by atoms with Gasteiger partial charge in [-0.15, -0.1) is 12.4 Å². The lowest BCUT2D eigenvalue weighted by molar-refractivity contribution is -0.134. The number of nitrogens with one attached hydrogen (secondary N) is 1. The molecule has 1 unspecified atom stereocenters. The van der Waals surface area contributed by atoms with Crippen molar-refractivity contribution in [2.45, 2.75) is 19.4 Å². The first kappa shape index (κ1) is 22.5. The molecule has 2 rings (SSSR count). The van der Waals surface area contributed by atoms with Crippen LogP contribution in [0, 0.1) is 0 Å². The first-order valence-corrected chi connectivity index (χ1v) is 8.55. The molecule has 0 saturated heterocycles. The molecule has 0 aliphatic carbocycles. The monoisotopic (exact) mass is 391 g/mol. The van der Waals surface area contributed by atoms with Crippen LogP contribution in [-0.4, -0.2) is 36.9 Å². The van der Waals surface area contributed by atoms with Gasteiger partial charge in [-0.2, -0.15) is 0 Å². The second kappa shape index (κ2) is 11.2. The van der Waals surface area contributed by atoms with E-state index in [2.05, 4.69) is 5.32 Å². The van der Waals surface area contributed by atoms with E-state index in [9.17, 15) is 9.59 Å². The number of benzene rings is 2. The number of halogens is 1. The zero-order chi connectivity index (χ0) is 18.9. The number of amides is 2. The van der Waals surface area contributed by atoms with Gasteiger partial charge >= 0.3 is 0 Å². The van der Waals surface area contributed by atoms with E-state index in [1.165, 1.54) is 4.90 Å². The first-order valence-electron chi connectivity index (χ1n) is 8.55. The standard InChI is InChI=1S/C20H25N3O3.ClH/c1-3-23(20(25)13-18(21)15-8-5-4-6-9-15)14-19(24)22-16-10-7-11-17(12-16)26-2;/h4-12,18H,3,13-14,21H2,1-2H3,(H,22,24);1H. The molecular weight excluding hydrogens is 366 g/mol. The van der Waals surface area contributed by atoms with E-state index in [0.29, 0.717) is 18.0 Å². The predicted octanol–water partition coefficient (Wildman–Crippen LogP) is 2.99. The molecule has 2 amide bonds. The third-order valence-corrected chi connectivity index (χ3v) is 4.04. The Morgan fingerprint density at radius 3 is 2.48 bits per heavy atom. The van der Waals surface area contributed by atoms with Crippen LogP contribution in [0.25, 0.3) is 0 Å². The number of ether oxygens (including phenoxy) is 1. The molecule has 0 saturated carbocycles. The molecule has 0 spiro atoms. The number of anilines is 1. The van der Waals surface area contributed by atoms with Gasteiger partial charge in [-0.1, -0.05) is 36.4 Å². The smallest absolute Gasteiger partial charge is 0.243 e. The van der Waals surface area contributed by atoms with Gasteiger partial charge < -0.3 is 20.7 Å². The lowest BCUT2D eigenvalue weighted by Gasteiger charge is -2.22. The Labute approximate surface area is 166 Å². The Hall–Kier alpha value is -2.57. The van der Waals surface area contributed by atoms with Crippen molar-refractivity contribution in [2.24, 2.45) is 5.73 Å². The lowest BCUT2D eigenvalue weighted by atomic mass is 10.0. The van der Waals surface area contributed by atoms with Gasteiger partial charge in [0.15, 0.2) is 0 Å². The van der Waals surface area contributed by atoms with Crippen molar-refractivity contribution < 1.29 is 14.3 Å². The van der Waals surface area contributed by atoms with Crippen molar-refractivity contribution in [2.75, 3.05) is 25.5 Å². The number of nitrogens with two attached hydrogens (primary N) is 1. The number of methoxy groups -OCH3 is 1. The number of hydrogen-bond acceptors (Lipinski definition) is 4. The second-order valence-electron chi connectivity index (χ2n) is 5.91. The fourth-order valence-electron chi connectivity index (χ4n) is 2.59. The molecule has 0 radical (unpaired) electrons. The predicted molar refractivity (Wildman–Crippen MR) is 109 cm³/mol. The van der Waals surface area contributed by atoms with Crippen LogP contribution in [0.3, 0.4) is 0 Å². The average molecular weight is 392 g/mol. The fourth-order valence-corrected chi connectivity index (χ4v) is 2.59. The summed E-state index contributed by atoms with van der Waals surface area (Å²) in [6, 6.07) is 16.1. The normalized spacial score (nSPS) is 11.1. The summed E-state index contributed by atoms with van der Waals surface area (Å²) in [6.45, 7) is 2.25. The summed E-state index contributed by atoms with van der Waals surface area (Å²) in [6.07, 6.45) is 0.157. The van der Waals surface area contributed by atoms with Crippen molar-refractivity contribution in [3.05, 3.63) is 60.2 Å². The molecule has 7 heteroatoms. The van der Waals surface area contributed by atoms with Crippen LogP contribution in [0.15, 0.2) is 54.6 Å². The molecule has 1 atom stereocenters. The van der Waals surface area contributed by atoms with Crippen LogP contribution in [0.5, 0.6) is 5.75 Å². The topological polar surface area (TPSA) is 84.7 Å². The molecule has 0 aliphatic rings. The summed E-state index contributed by atoms with van der Waals surface area (Å²) in [5.74, 6) is 0.242. The highest BCUT2D eigenvalue weighted by molar-refractivity contribution is 5.94. The lowest BCUT2D eigenvalue weighted by Crippen LogP contribution is -2.39. The van der Waals surface area contributed by atoms with Crippen LogP contribution < -0.4 is 15.8 Å². The summed E-state index contributed by atoms with van der Waals surface area (Å²) in [4.78, 5) is 26.3. The van der Waals surface area contributed by atoms with Crippen LogP contribution in [-0.2, 0) is 9.59 Å². The highest BCUT2D eigenvalue weighted by Crippen LogP contribution is 2.17. The van der Waals surface area contributed by atoms with E-state index in [0.717, 1.165) is 5.56 Å². The van der Waals surface area contributed by atoms with Crippen LogP contribution in [0.1, 0.15) is 24.9 Å². The number of rotatable bonds is 8. The molecule has 0 aromatic heterocycles. The quantitative estimate of drug-likeness (QED) is 0.724. The maximum atomic E-state index is 12.5. The number of carbonyl (C=O) groups is 2. The van der Waals surface area contributed by atoms with Gasteiger partial charge in [0.2, 0.25) is 11.8 Å². The maximum Gasteiger partial charge on any atom is 0.243 e. The van der Waals surface area contributed by atoms with E-state index in [-0.39, 0.29) is 43.2 Å². The fraction of sp³-hybridized carbons (Fsp3) is 0.300. The van der Waals surface area contributed by atoms with Crippen molar-refractivity contribution in [1.82, 2.24) is 4.90 Å². The Balaban J connectivity index is 0.00000364. The third kappa shape index (κ3) is 6.92. The van der Waals surface area contributed by atoms with Crippen LogP contribution in [0.4, 0.5) is 5.69 Å². The highest BCUT2D eigenvalue weighted by atomic mass is 35.5. The summed E-state index contributed by atoms with van der Waals surface area (Å²) in [7, 11) is 1.56. The SMILES string of the molecule is CCN(CC(=O)Nc1cccc(OC)c1)C(=O)CC(N)c1ccccc1.Cl. The van der Waals surface area contributed by atoms with Gasteiger partial charge in [-0.05, 0) is 24.6 Å². The summed E-state index contributed by atoms with van der Waals surface area (Å²) >= 11 is 0. The zero-order valence-corrected chi connectivity index (χ0v) is 16.4. The number of nitrogens with zero attached hydrogens (tertiary/aromatic N) is 1. The van der Waals surface area contributed by atoms with E-state index in [4.69, 9.17) is 10.5 Å². The van der Waals surface area contributed by atoms with Gasteiger partial charge in [0.25, 0.3) is 0 Å². The van der Waals surface area contributed by atoms with Crippen LogP contribution in [0.2, 0.25) is 0 Å². The average Bonchev–Trinajstić information content (AvgIpc) is 2.66. The molecule has 0 bridgehead atoms. The van der Waals surface area contributed by atoms with Crippen molar-refractivity contribution in [3.63, 3.8) is 0 Å². The van der Waals surface area contributed by atoms with E-state index in [1.807, 2.05) is 37.3 Å². The summed E-state index contributed by atoms with van der Waals surface area (Å²) in [5, 5.41) is 2.78. The van der Waals surface area contributed by atoms with E-state index in [1.54, 1.807) is 31.4 Å². The van der Waals surface area contributed by atoms with Gasteiger partial charge in [0.1, 0.15) is 5.75 Å². The van der Waals surface area contributed by atoms with Crippen molar-refractivity contribution >= 4 is 29.9 Å². The number of carbonyl (C=O) groups excluding carboxylic acids is 2. The second-order valence-corrected chi connectivity index (χ2v) is 5.91. The number of hydrogen-bond donors (Lipinski definition) is 2. The minimum Gasteiger partial charge on any atom is -0.497 e. The number of likely N-dealkylation sites (N-methyl/N-ethyl adjacent to an activating group) is 1. The Kier molecular flexibility index (Phi) is 9.33. The molecule has 0 heterocycles. The molecule has 27 heavy (non-hydrogen) atoms. The third-order valence-electron chi connectivity index (χ3n) is 4.04. The molecule has 0 aliphatic heterocycles. The van der Waals surface area contributed by atoms with E-state index < -0.39 is 0 Å². The minimum absolute atomic E-state index is 0. The van der Waals surface area contributed by atoms with Gasteiger partial charge in [0, 0.05) is 30.8 Å².